The first-order valence-electron chi connectivity index (χ1n) is 3.87. The molecule has 0 saturated heterocycles. The fraction of sp³-hybridized carbons (Fsp3) is 0. The molecule has 0 amide bonds. The van der Waals surface area contributed by atoms with Gasteiger partial charge in [0, 0.05) is 11.6 Å². The van der Waals surface area contributed by atoms with Crippen LogP contribution in [0.4, 0.5) is 5.69 Å². The van der Waals surface area contributed by atoms with Crippen molar-refractivity contribution in [3.05, 3.63) is 40.8 Å². The molecule has 2 rings (SSSR count). The molecule has 14 heavy (non-hydrogen) atoms. The number of halogens is 1. The number of benzene rings is 1. The number of rotatable bonds is 0. The van der Waals surface area contributed by atoms with Gasteiger partial charge in [0.25, 0.3) is 0 Å². The van der Waals surface area contributed by atoms with Crippen molar-refractivity contribution in [1.82, 2.24) is 4.98 Å². The van der Waals surface area contributed by atoms with E-state index in [2.05, 4.69) is 9.83 Å². The molecule has 0 bridgehead atoms. The molecule has 0 aliphatic rings. The summed E-state index contributed by atoms with van der Waals surface area (Å²) in [5.41, 5.74) is 0.773. The number of aromatic hydroxyl groups is 1. The molecule has 0 aliphatic carbocycles. The maximum Gasteiger partial charge on any atom is 0.228 e. The van der Waals surface area contributed by atoms with Crippen LogP contribution in [0, 0.1) is 6.57 Å². The van der Waals surface area contributed by atoms with Crippen LogP contribution in [0.15, 0.2) is 24.4 Å². The van der Waals surface area contributed by atoms with Crippen LogP contribution in [0.3, 0.4) is 0 Å². The maximum atomic E-state index is 9.40. The van der Waals surface area contributed by atoms with E-state index in [9.17, 15) is 5.11 Å². The third-order valence-corrected chi connectivity index (χ3v) is 2.23. The van der Waals surface area contributed by atoms with E-state index in [4.69, 9.17) is 18.2 Å². The van der Waals surface area contributed by atoms with Gasteiger partial charge in [-0.1, -0.05) is 11.6 Å². The average Bonchev–Trinajstić information content (AvgIpc) is 2.17. The van der Waals surface area contributed by atoms with Crippen molar-refractivity contribution in [3.8, 4) is 5.75 Å². The van der Waals surface area contributed by atoms with Gasteiger partial charge in [-0.15, -0.1) is 0 Å². The van der Waals surface area contributed by atoms with Crippen LogP contribution < -0.4 is 0 Å². The third-order valence-electron chi connectivity index (χ3n) is 1.91. The summed E-state index contributed by atoms with van der Waals surface area (Å²) in [5.74, 6) is -0.0673. The summed E-state index contributed by atoms with van der Waals surface area (Å²) < 4.78 is 0. The molecule has 1 aromatic carbocycles. The van der Waals surface area contributed by atoms with E-state index in [1.807, 2.05) is 0 Å². The lowest BCUT2D eigenvalue weighted by atomic mass is 10.2. The minimum atomic E-state index is -0.0673. The number of hydrogen-bond acceptors (Lipinski definition) is 2. The summed E-state index contributed by atoms with van der Waals surface area (Å²) in [4.78, 5) is 7.21. The van der Waals surface area contributed by atoms with Crippen LogP contribution in [0.2, 0.25) is 5.02 Å². The average molecular weight is 205 g/mol. The molecular weight excluding hydrogens is 200 g/mol. The zero-order chi connectivity index (χ0) is 10.1. The van der Waals surface area contributed by atoms with Gasteiger partial charge in [-0.05, 0) is 18.2 Å². The molecule has 0 aliphatic heterocycles. The summed E-state index contributed by atoms with van der Waals surface area (Å²) >= 11 is 5.91. The Morgan fingerprint density at radius 3 is 2.93 bits per heavy atom. The lowest BCUT2D eigenvalue weighted by molar-refractivity contribution is 0.479. The third kappa shape index (κ3) is 1.26. The summed E-state index contributed by atoms with van der Waals surface area (Å²) in [7, 11) is 0. The molecule has 0 radical (unpaired) electrons. The van der Waals surface area contributed by atoms with Crippen molar-refractivity contribution in [3.63, 3.8) is 0 Å². The van der Waals surface area contributed by atoms with Crippen molar-refractivity contribution < 1.29 is 5.11 Å². The van der Waals surface area contributed by atoms with E-state index in [1.165, 1.54) is 12.1 Å². The second-order valence-corrected chi connectivity index (χ2v) is 3.17. The van der Waals surface area contributed by atoms with Gasteiger partial charge in [0.15, 0.2) is 0 Å². The van der Waals surface area contributed by atoms with Crippen molar-refractivity contribution in [2.45, 2.75) is 0 Å². The quantitative estimate of drug-likeness (QED) is 0.670. The number of phenolic OH excluding ortho intramolecular Hbond substituents is 1. The predicted octanol–water partition coefficient (Wildman–Crippen LogP) is 3.14. The van der Waals surface area contributed by atoms with Crippen LogP contribution in [-0.2, 0) is 0 Å². The Morgan fingerprint density at radius 1 is 1.43 bits per heavy atom. The Balaban J connectivity index is 2.89. The molecule has 0 unspecified atom stereocenters. The normalized spacial score (nSPS) is 10.0. The number of hydrogen-bond donors (Lipinski definition) is 1. The Labute approximate surface area is 85.4 Å². The zero-order valence-electron chi connectivity index (χ0n) is 7.03. The van der Waals surface area contributed by atoms with E-state index in [0.717, 1.165) is 0 Å². The van der Waals surface area contributed by atoms with Gasteiger partial charge in [-0.3, -0.25) is 4.98 Å². The Hall–Kier alpha value is -1.79. The number of fused-ring (bicyclic) bond motifs is 1. The van der Waals surface area contributed by atoms with Gasteiger partial charge in [0.1, 0.15) is 5.75 Å². The molecule has 0 saturated carbocycles. The lowest BCUT2D eigenvalue weighted by Gasteiger charge is -2.01. The number of nitrogens with zero attached hydrogens (tertiary/aromatic N) is 2. The van der Waals surface area contributed by atoms with E-state index in [0.29, 0.717) is 15.9 Å². The summed E-state index contributed by atoms with van der Waals surface area (Å²) in [5, 5.41) is 10.6. The first-order chi connectivity index (χ1) is 6.72. The van der Waals surface area contributed by atoms with Crippen LogP contribution in [-0.4, -0.2) is 10.1 Å². The van der Waals surface area contributed by atoms with Crippen LogP contribution in [0.5, 0.6) is 5.75 Å². The van der Waals surface area contributed by atoms with Crippen LogP contribution in [0.25, 0.3) is 15.7 Å². The smallest absolute Gasteiger partial charge is 0.228 e. The molecule has 2 aromatic rings. The highest BCUT2D eigenvalue weighted by atomic mass is 35.5. The molecule has 3 nitrogen and oxygen atoms in total. The van der Waals surface area contributed by atoms with Gasteiger partial charge in [0.2, 0.25) is 5.69 Å². The molecule has 0 spiro atoms. The number of aromatic nitrogens is 1. The predicted molar refractivity (Wildman–Crippen MR) is 54.7 cm³/mol. The number of phenols is 1. The van der Waals surface area contributed by atoms with E-state index < -0.39 is 0 Å². The Morgan fingerprint density at radius 2 is 2.21 bits per heavy atom. The monoisotopic (exact) mass is 204 g/mol. The molecular formula is C10H5ClN2O. The lowest BCUT2D eigenvalue weighted by Crippen LogP contribution is -1.79. The highest BCUT2D eigenvalue weighted by Gasteiger charge is 2.06. The Kier molecular flexibility index (Phi) is 1.99. The van der Waals surface area contributed by atoms with Gasteiger partial charge in [0.05, 0.1) is 17.1 Å². The van der Waals surface area contributed by atoms with Gasteiger partial charge >= 0.3 is 0 Å². The van der Waals surface area contributed by atoms with Gasteiger partial charge in [-0.25, -0.2) is 4.85 Å². The fourth-order valence-electron chi connectivity index (χ4n) is 1.23. The SMILES string of the molecule is [C-]#[N+]c1cc2c(Cl)ccnc2cc1O. The molecule has 1 aromatic heterocycles. The standard InChI is InChI=1S/C10H5ClN2O/c1-12-9-4-6-7(11)2-3-13-8(6)5-10(9)14/h2-5,14H. The summed E-state index contributed by atoms with van der Waals surface area (Å²) in [6.07, 6.45) is 1.56. The summed E-state index contributed by atoms with van der Waals surface area (Å²) in [6, 6.07) is 4.62. The molecule has 68 valence electrons. The molecule has 0 fully saturated rings. The first-order valence-corrected chi connectivity index (χ1v) is 4.25. The maximum absolute atomic E-state index is 9.40. The minimum absolute atomic E-state index is 0.0673. The first kappa shape index (κ1) is 8.79. The zero-order valence-corrected chi connectivity index (χ0v) is 7.78. The molecule has 4 heteroatoms. The van der Waals surface area contributed by atoms with E-state index in [1.54, 1.807) is 12.3 Å². The van der Waals surface area contributed by atoms with Crippen LogP contribution >= 0.6 is 11.6 Å². The van der Waals surface area contributed by atoms with Crippen molar-refractivity contribution in [2.24, 2.45) is 0 Å². The molecule has 0 atom stereocenters. The second kappa shape index (κ2) is 3.17. The van der Waals surface area contributed by atoms with Gasteiger partial charge < -0.3 is 5.11 Å². The Bertz CT molecular complexity index is 546. The second-order valence-electron chi connectivity index (χ2n) is 2.76. The molecule has 1 N–H and O–H groups in total. The van der Waals surface area contributed by atoms with Crippen LogP contribution in [0.1, 0.15) is 0 Å². The molecule has 1 heterocycles. The highest BCUT2D eigenvalue weighted by Crippen LogP contribution is 2.33. The van der Waals surface area contributed by atoms with Crippen molar-refractivity contribution in [2.75, 3.05) is 0 Å². The number of pyridine rings is 1. The van der Waals surface area contributed by atoms with E-state index >= 15 is 0 Å². The van der Waals surface area contributed by atoms with E-state index in [-0.39, 0.29) is 11.4 Å². The van der Waals surface area contributed by atoms with Gasteiger partial charge in [-0.2, -0.15) is 0 Å². The van der Waals surface area contributed by atoms with Crippen molar-refractivity contribution in [1.29, 1.82) is 0 Å². The fourth-order valence-corrected chi connectivity index (χ4v) is 1.43. The topological polar surface area (TPSA) is 37.5 Å². The summed E-state index contributed by atoms with van der Waals surface area (Å²) in [6.45, 7) is 6.83. The largest absolute Gasteiger partial charge is 0.519 e. The minimum Gasteiger partial charge on any atom is -0.519 e. The van der Waals surface area contributed by atoms with Crippen molar-refractivity contribution >= 4 is 28.2 Å². The highest BCUT2D eigenvalue weighted by molar-refractivity contribution is 6.35.